The quantitative estimate of drug-likeness (QED) is 0.386. The van der Waals surface area contributed by atoms with Gasteiger partial charge in [0, 0.05) is 12.3 Å². The number of fused-ring (bicyclic) bond motifs is 1. The summed E-state index contributed by atoms with van der Waals surface area (Å²) in [6.07, 6.45) is 3.26. The van der Waals surface area contributed by atoms with Crippen LogP contribution in [0.15, 0.2) is 11.1 Å². The number of rotatable bonds is 9. The monoisotopic (exact) mass is 511 g/mol. The summed E-state index contributed by atoms with van der Waals surface area (Å²) in [5.41, 5.74) is 0.116. The first kappa shape index (κ1) is 26.9. The van der Waals surface area contributed by atoms with E-state index in [4.69, 9.17) is 13.9 Å². The van der Waals surface area contributed by atoms with Gasteiger partial charge in [0.2, 0.25) is 11.9 Å². The maximum absolute atomic E-state index is 12.5. The largest absolute Gasteiger partial charge is 0.414 e. The fourth-order valence-electron chi connectivity index (χ4n) is 3.32. The van der Waals surface area contributed by atoms with Gasteiger partial charge in [-0.05, 0) is 24.4 Å². The second-order valence-electron chi connectivity index (χ2n) is 10.4. The number of carbonyl (C=O) groups is 1. The Hall–Kier alpha value is -1.73. The van der Waals surface area contributed by atoms with E-state index in [1.54, 1.807) is 36.5 Å². The average Bonchev–Trinajstić information content (AvgIpc) is 3.33. The van der Waals surface area contributed by atoms with Gasteiger partial charge in [-0.15, -0.1) is 11.8 Å². The zero-order chi connectivity index (χ0) is 25.3. The number of hydrogen-bond acceptors (Lipinski definition) is 8. The second kappa shape index (κ2) is 10.5. The summed E-state index contributed by atoms with van der Waals surface area (Å²) in [6, 6.07) is 0. The lowest BCUT2D eigenvalue weighted by Crippen LogP contribution is -2.44. The third-order valence-electron chi connectivity index (χ3n) is 6.50. The molecule has 3 unspecified atom stereocenters. The van der Waals surface area contributed by atoms with Crippen molar-refractivity contribution >= 4 is 43.1 Å². The van der Waals surface area contributed by atoms with Crippen molar-refractivity contribution < 1.29 is 18.7 Å². The Balaban J connectivity index is 1.85. The molecule has 0 spiro atoms. The molecule has 0 aromatic carbocycles. The molecule has 3 heterocycles. The molecule has 190 valence electrons. The second-order valence-corrected chi connectivity index (χ2v) is 16.1. The minimum absolute atomic E-state index is 0.0863. The Morgan fingerprint density at radius 2 is 2.12 bits per heavy atom. The molecule has 1 amide bonds. The number of aromatic nitrogens is 4. The predicted octanol–water partition coefficient (Wildman–Crippen LogP) is 3.73. The van der Waals surface area contributed by atoms with Crippen molar-refractivity contribution in [3.8, 4) is 0 Å². The van der Waals surface area contributed by atoms with Gasteiger partial charge in [0.05, 0.1) is 25.0 Å². The highest BCUT2D eigenvalue weighted by molar-refractivity contribution is 7.98. The van der Waals surface area contributed by atoms with Gasteiger partial charge in [0.1, 0.15) is 12.3 Å². The lowest BCUT2D eigenvalue weighted by molar-refractivity contribution is -0.118. The number of thioether (sulfide) groups is 1. The maximum atomic E-state index is 12.5. The molecular formula is C22H37N5O5SSi. The highest BCUT2D eigenvalue weighted by Gasteiger charge is 2.42. The van der Waals surface area contributed by atoms with Gasteiger partial charge < -0.3 is 13.9 Å². The van der Waals surface area contributed by atoms with Crippen molar-refractivity contribution in [2.75, 3.05) is 24.1 Å². The van der Waals surface area contributed by atoms with Gasteiger partial charge >= 0.3 is 0 Å². The van der Waals surface area contributed by atoms with E-state index < -0.39 is 20.1 Å². The summed E-state index contributed by atoms with van der Waals surface area (Å²) in [7, 11) is -1.96. The van der Waals surface area contributed by atoms with Gasteiger partial charge in [-0.1, -0.05) is 34.6 Å². The van der Waals surface area contributed by atoms with Crippen molar-refractivity contribution in [2.24, 2.45) is 5.92 Å². The van der Waals surface area contributed by atoms with E-state index in [0.29, 0.717) is 24.6 Å². The van der Waals surface area contributed by atoms with Crippen LogP contribution in [0.25, 0.3) is 11.2 Å². The average molecular weight is 512 g/mol. The Labute approximate surface area is 205 Å². The van der Waals surface area contributed by atoms with Crippen LogP contribution in [0.1, 0.15) is 47.3 Å². The summed E-state index contributed by atoms with van der Waals surface area (Å²) in [5, 5.41) is 2.73. The molecule has 1 aliphatic rings. The molecule has 10 nitrogen and oxygen atoms in total. The lowest BCUT2D eigenvalue weighted by atomic mass is 10.2. The van der Waals surface area contributed by atoms with Gasteiger partial charge in [-0.25, -0.2) is 4.98 Å². The van der Waals surface area contributed by atoms with E-state index in [2.05, 4.69) is 54.1 Å². The van der Waals surface area contributed by atoms with Gasteiger partial charge in [-0.2, -0.15) is 4.98 Å². The summed E-state index contributed by atoms with van der Waals surface area (Å²) in [4.78, 5) is 35.9. The van der Waals surface area contributed by atoms with Crippen molar-refractivity contribution in [3.05, 3.63) is 16.7 Å². The van der Waals surface area contributed by atoms with Crippen LogP contribution in [-0.4, -0.2) is 64.8 Å². The predicted molar refractivity (Wildman–Crippen MR) is 137 cm³/mol. The molecule has 2 aromatic rings. The molecule has 1 saturated heterocycles. The van der Waals surface area contributed by atoms with Crippen molar-refractivity contribution in [3.63, 3.8) is 0 Å². The summed E-state index contributed by atoms with van der Waals surface area (Å²) >= 11 is 1.60. The molecule has 0 aliphatic carbocycles. The first-order chi connectivity index (χ1) is 15.8. The van der Waals surface area contributed by atoms with E-state index in [1.807, 2.05) is 6.26 Å². The smallest absolute Gasteiger partial charge is 0.280 e. The minimum atomic E-state index is -1.96. The number of carbonyl (C=O) groups excluding carboxylic acids is 1. The van der Waals surface area contributed by atoms with Gasteiger partial charge in [0.15, 0.2) is 19.5 Å². The van der Waals surface area contributed by atoms with Gasteiger partial charge in [0.25, 0.3) is 5.56 Å². The van der Waals surface area contributed by atoms with E-state index in [9.17, 15) is 9.59 Å². The number of amides is 1. The highest BCUT2D eigenvalue weighted by Crippen LogP contribution is 2.38. The molecule has 1 aliphatic heterocycles. The van der Waals surface area contributed by atoms with E-state index in [-0.39, 0.29) is 40.5 Å². The number of anilines is 1. The molecule has 34 heavy (non-hydrogen) atoms. The summed E-state index contributed by atoms with van der Waals surface area (Å²) < 4.78 is 20.6. The molecule has 0 saturated carbocycles. The molecule has 0 radical (unpaired) electrons. The molecule has 1 fully saturated rings. The number of nitrogens with one attached hydrogen (secondary N) is 2. The third kappa shape index (κ3) is 5.90. The standard InChI is InChI=1S/C22H37N5O5SSi/c1-13(2)19(28)25-21-24-18-17(20(29)26-21)23-11-27(18)16-9-14(30-12-33-6)15(32-16)10-31-34(7,8)22(3,4)5/h11,13-16H,9-10,12H2,1-8H3,(H2,24,25,26,28,29). The van der Waals surface area contributed by atoms with E-state index >= 15 is 0 Å². The zero-order valence-corrected chi connectivity index (χ0v) is 23.1. The van der Waals surface area contributed by atoms with Crippen molar-refractivity contribution in [1.29, 1.82) is 0 Å². The summed E-state index contributed by atoms with van der Waals surface area (Å²) in [6.45, 7) is 15.0. The molecular weight excluding hydrogens is 474 g/mol. The molecule has 3 rings (SSSR count). The van der Waals surface area contributed by atoms with Crippen LogP contribution in [0.3, 0.4) is 0 Å². The first-order valence-electron chi connectivity index (χ1n) is 11.5. The number of H-pyrrole nitrogens is 1. The van der Waals surface area contributed by atoms with Crippen LogP contribution >= 0.6 is 11.8 Å². The van der Waals surface area contributed by atoms with Crippen LogP contribution < -0.4 is 10.9 Å². The molecule has 12 heteroatoms. The van der Waals surface area contributed by atoms with Crippen LogP contribution in [0.5, 0.6) is 0 Å². The van der Waals surface area contributed by atoms with Crippen LogP contribution in [-0.2, 0) is 18.7 Å². The number of ether oxygens (including phenoxy) is 2. The fourth-order valence-corrected chi connectivity index (χ4v) is 4.64. The van der Waals surface area contributed by atoms with Gasteiger partial charge in [-0.3, -0.25) is 24.5 Å². The van der Waals surface area contributed by atoms with Crippen molar-refractivity contribution in [2.45, 2.75) is 77.6 Å². The topological polar surface area (TPSA) is 120 Å². The normalized spacial score (nSPS) is 21.5. The summed E-state index contributed by atoms with van der Waals surface area (Å²) in [5.74, 6) is 0.147. The number of aromatic amines is 1. The van der Waals surface area contributed by atoms with Crippen LogP contribution in [0.4, 0.5) is 5.95 Å². The van der Waals surface area contributed by atoms with Crippen molar-refractivity contribution in [1.82, 2.24) is 19.5 Å². The molecule has 2 aromatic heterocycles. The highest BCUT2D eigenvalue weighted by atomic mass is 32.2. The lowest BCUT2D eigenvalue weighted by Gasteiger charge is -2.37. The zero-order valence-electron chi connectivity index (χ0n) is 21.3. The van der Waals surface area contributed by atoms with Crippen LogP contribution in [0.2, 0.25) is 18.1 Å². The molecule has 0 bridgehead atoms. The Morgan fingerprint density at radius 3 is 2.74 bits per heavy atom. The van der Waals surface area contributed by atoms with E-state index in [1.165, 1.54) is 0 Å². The SMILES string of the molecule is CSCOC1CC(n2cnc3c(=O)[nH]c(NC(=O)C(C)C)nc32)OC1CO[Si](C)(C)C(C)(C)C. The first-order valence-corrected chi connectivity index (χ1v) is 15.8. The van der Waals surface area contributed by atoms with Crippen LogP contribution in [0, 0.1) is 5.92 Å². The van der Waals surface area contributed by atoms with E-state index in [0.717, 1.165) is 0 Å². The number of hydrogen-bond donors (Lipinski definition) is 2. The Kier molecular flexibility index (Phi) is 8.28. The Bertz CT molecular complexity index is 1060. The molecule has 2 N–H and O–H groups in total. The third-order valence-corrected chi connectivity index (χ3v) is 11.4. The number of imidazole rings is 1. The maximum Gasteiger partial charge on any atom is 0.280 e. The molecule has 3 atom stereocenters. The Morgan fingerprint density at radius 1 is 1.41 bits per heavy atom. The fraction of sp³-hybridized carbons (Fsp3) is 0.727. The number of nitrogens with zero attached hydrogens (tertiary/aromatic N) is 3. The minimum Gasteiger partial charge on any atom is -0.414 e.